The van der Waals surface area contributed by atoms with E-state index in [0.29, 0.717) is 36.6 Å². The highest BCUT2D eigenvalue weighted by atomic mass is 16.2. The number of nitrogens with zero attached hydrogens (tertiary/aromatic N) is 4. The van der Waals surface area contributed by atoms with Gasteiger partial charge in [-0.3, -0.25) is 14.2 Å². The lowest BCUT2D eigenvalue weighted by atomic mass is 9.97. The quantitative estimate of drug-likeness (QED) is 0.682. The molecular formula is C23H27N5O2. The van der Waals surface area contributed by atoms with E-state index in [4.69, 9.17) is 0 Å². The number of hydrogen-bond acceptors (Lipinski definition) is 5. The molecule has 156 valence electrons. The Morgan fingerprint density at radius 3 is 2.83 bits per heavy atom. The molecule has 1 unspecified atom stereocenters. The number of amides is 1. The van der Waals surface area contributed by atoms with Crippen LogP contribution in [0.2, 0.25) is 0 Å². The second-order valence-electron chi connectivity index (χ2n) is 7.73. The van der Waals surface area contributed by atoms with Crippen molar-refractivity contribution in [3.63, 3.8) is 0 Å². The third-order valence-electron chi connectivity index (χ3n) is 5.51. The highest BCUT2D eigenvalue weighted by Crippen LogP contribution is 2.21. The molecule has 1 aliphatic heterocycles. The van der Waals surface area contributed by atoms with Crippen molar-refractivity contribution in [2.24, 2.45) is 5.92 Å². The van der Waals surface area contributed by atoms with Gasteiger partial charge in [-0.15, -0.1) is 0 Å². The van der Waals surface area contributed by atoms with Crippen LogP contribution in [-0.4, -0.2) is 40.1 Å². The summed E-state index contributed by atoms with van der Waals surface area (Å²) in [6, 6.07) is 13.6. The minimum Gasteiger partial charge on any atom is -0.356 e. The van der Waals surface area contributed by atoms with Gasteiger partial charge in [-0.05, 0) is 37.0 Å². The molecule has 1 amide bonds. The fraction of sp³-hybridized carbons (Fsp3) is 0.391. The predicted octanol–water partition coefficient (Wildman–Crippen LogP) is 2.58. The van der Waals surface area contributed by atoms with Gasteiger partial charge in [0.2, 0.25) is 5.91 Å². The first kappa shape index (κ1) is 20.1. The third kappa shape index (κ3) is 4.20. The van der Waals surface area contributed by atoms with Gasteiger partial charge < -0.3 is 10.2 Å². The lowest BCUT2D eigenvalue weighted by Crippen LogP contribution is -2.45. The van der Waals surface area contributed by atoms with E-state index in [1.54, 1.807) is 10.8 Å². The Morgan fingerprint density at radius 1 is 1.20 bits per heavy atom. The van der Waals surface area contributed by atoms with E-state index >= 15 is 0 Å². The van der Waals surface area contributed by atoms with Gasteiger partial charge in [0.25, 0.3) is 5.56 Å². The Morgan fingerprint density at radius 2 is 2.03 bits per heavy atom. The highest BCUT2D eigenvalue weighted by Gasteiger charge is 2.28. The van der Waals surface area contributed by atoms with Gasteiger partial charge in [-0.1, -0.05) is 37.3 Å². The molecule has 1 aliphatic rings. The smallest absolute Gasteiger partial charge is 0.295 e. The molecule has 1 aromatic carbocycles. The predicted molar refractivity (Wildman–Crippen MR) is 118 cm³/mol. The minimum atomic E-state index is -0.167. The molecule has 1 saturated heterocycles. The first-order valence-corrected chi connectivity index (χ1v) is 10.6. The normalized spacial score (nSPS) is 16.6. The number of pyridine rings is 1. The Hall–Kier alpha value is -3.22. The van der Waals surface area contributed by atoms with Gasteiger partial charge in [-0.25, -0.2) is 9.97 Å². The van der Waals surface area contributed by atoms with Crippen LogP contribution in [0.3, 0.4) is 0 Å². The molecule has 30 heavy (non-hydrogen) atoms. The molecule has 3 heterocycles. The Balaban J connectivity index is 1.70. The fourth-order valence-corrected chi connectivity index (χ4v) is 3.96. The second kappa shape index (κ2) is 9.07. The fourth-order valence-electron chi connectivity index (χ4n) is 3.96. The van der Waals surface area contributed by atoms with Crippen molar-refractivity contribution in [3.8, 4) is 0 Å². The zero-order valence-corrected chi connectivity index (χ0v) is 17.3. The summed E-state index contributed by atoms with van der Waals surface area (Å²) in [6.45, 7) is 4.37. The van der Waals surface area contributed by atoms with Gasteiger partial charge in [0, 0.05) is 25.8 Å². The topological polar surface area (TPSA) is 80.1 Å². The summed E-state index contributed by atoms with van der Waals surface area (Å²) in [6.07, 6.45) is 4.28. The maximum absolute atomic E-state index is 13.5. The maximum Gasteiger partial charge on any atom is 0.295 e. The lowest BCUT2D eigenvalue weighted by Gasteiger charge is -2.32. The van der Waals surface area contributed by atoms with E-state index in [1.165, 1.54) is 0 Å². The van der Waals surface area contributed by atoms with Gasteiger partial charge in [0.1, 0.15) is 5.52 Å². The van der Waals surface area contributed by atoms with Crippen molar-refractivity contribution in [1.29, 1.82) is 0 Å². The number of carbonyl (C=O) groups is 1. The molecule has 0 radical (unpaired) electrons. The number of benzene rings is 1. The summed E-state index contributed by atoms with van der Waals surface area (Å²) in [5.41, 5.74) is 2.11. The van der Waals surface area contributed by atoms with Crippen LogP contribution in [0.5, 0.6) is 0 Å². The van der Waals surface area contributed by atoms with E-state index < -0.39 is 0 Å². The third-order valence-corrected chi connectivity index (χ3v) is 5.51. The van der Waals surface area contributed by atoms with E-state index in [1.807, 2.05) is 54.3 Å². The average molecular weight is 406 g/mol. The Bertz CT molecular complexity index is 1080. The summed E-state index contributed by atoms with van der Waals surface area (Å²) in [4.78, 5) is 37.0. The lowest BCUT2D eigenvalue weighted by molar-refractivity contribution is -0.125. The van der Waals surface area contributed by atoms with Crippen LogP contribution in [-0.2, 0) is 11.3 Å². The van der Waals surface area contributed by atoms with Crippen LogP contribution < -0.4 is 15.8 Å². The highest BCUT2D eigenvalue weighted by molar-refractivity contribution is 5.79. The number of hydrogen-bond donors (Lipinski definition) is 1. The SMILES string of the molecule is CCCNC(=O)C1CCCN(c2nc3cccnc3n(Cc3ccccc3)c2=O)C1. The number of nitrogens with one attached hydrogen (secondary N) is 1. The number of piperidine rings is 1. The Labute approximate surface area is 175 Å². The summed E-state index contributed by atoms with van der Waals surface area (Å²) in [5.74, 6) is 0.340. The minimum absolute atomic E-state index is 0.0635. The second-order valence-corrected chi connectivity index (χ2v) is 7.73. The van der Waals surface area contributed by atoms with E-state index in [0.717, 1.165) is 31.4 Å². The van der Waals surface area contributed by atoms with Crippen LogP contribution in [0.4, 0.5) is 5.82 Å². The number of fused-ring (bicyclic) bond motifs is 1. The van der Waals surface area contributed by atoms with E-state index in [-0.39, 0.29) is 17.4 Å². The molecule has 2 aromatic heterocycles. The first-order valence-electron chi connectivity index (χ1n) is 10.6. The molecule has 7 heteroatoms. The van der Waals surface area contributed by atoms with Crippen molar-refractivity contribution >= 4 is 22.9 Å². The van der Waals surface area contributed by atoms with Crippen molar-refractivity contribution in [2.75, 3.05) is 24.5 Å². The zero-order valence-electron chi connectivity index (χ0n) is 17.3. The van der Waals surface area contributed by atoms with Crippen molar-refractivity contribution in [1.82, 2.24) is 19.9 Å². The van der Waals surface area contributed by atoms with Crippen LogP contribution in [0.25, 0.3) is 11.2 Å². The average Bonchev–Trinajstić information content (AvgIpc) is 2.80. The zero-order chi connectivity index (χ0) is 20.9. The molecule has 7 nitrogen and oxygen atoms in total. The van der Waals surface area contributed by atoms with Crippen LogP contribution in [0.15, 0.2) is 53.5 Å². The van der Waals surface area contributed by atoms with Crippen molar-refractivity contribution in [3.05, 3.63) is 64.6 Å². The monoisotopic (exact) mass is 405 g/mol. The molecule has 0 saturated carbocycles. The van der Waals surface area contributed by atoms with Gasteiger partial charge in [-0.2, -0.15) is 0 Å². The van der Waals surface area contributed by atoms with Gasteiger partial charge in [0.15, 0.2) is 11.5 Å². The van der Waals surface area contributed by atoms with Crippen molar-refractivity contribution in [2.45, 2.75) is 32.7 Å². The van der Waals surface area contributed by atoms with Gasteiger partial charge in [0.05, 0.1) is 12.5 Å². The number of carbonyl (C=O) groups excluding carboxylic acids is 1. The molecule has 1 atom stereocenters. The number of rotatable bonds is 6. The molecule has 3 aromatic rings. The molecule has 0 aliphatic carbocycles. The molecule has 1 fully saturated rings. The van der Waals surface area contributed by atoms with Crippen molar-refractivity contribution < 1.29 is 4.79 Å². The maximum atomic E-state index is 13.5. The number of anilines is 1. The standard InChI is InChI=1S/C23H27N5O2/c1-2-12-25-22(29)18-10-7-14-27(16-18)21-23(30)28(15-17-8-4-3-5-9-17)20-19(26-21)11-6-13-24-20/h3-6,8-9,11,13,18H,2,7,10,12,14-16H2,1H3,(H,25,29). The van der Waals surface area contributed by atoms with Crippen LogP contribution in [0.1, 0.15) is 31.7 Å². The van der Waals surface area contributed by atoms with Crippen LogP contribution in [0, 0.1) is 5.92 Å². The first-order chi connectivity index (χ1) is 14.7. The number of aromatic nitrogens is 3. The van der Waals surface area contributed by atoms with E-state index in [2.05, 4.69) is 15.3 Å². The Kier molecular flexibility index (Phi) is 6.07. The largest absolute Gasteiger partial charge is 0.356 e. The van der Waals surface area contributed by atoms with E-state index in [9.17, 15) is 9.59 Å². The molecule has 0 bridgehead atoms. The molecular weight excluding hydrogens is 378 g/mol. The summed E-state index contributed by atoms with van der Waals surface area (Å²) >= 11 is 0. The summed E-state index contributed by atoms with van der Waals surface area (Å²) in [7, 11) is 0. The van der Waals surface area contributed by atoms with Gasteiger partial charge >= 0.3 is 0 Å². The van der Waals surface area contributed by atoms with Crippen LogP contribution >= 0.6 is 0 Å². The summed E-state index contributed by atoms with van der Waals surface area (Å²) in [5, 5.41) is 2.98. The molecule has 0 spiro atoms. The molecule has 4 rings (SSSR count). The molecule has 1 N–H and O–H groups in total. The summed E-state index contributed by atoms with van der Waals surface area (Å²) < 4.78 is 1.69.